The maximum atomic E-state index is 12.8. The van der Waals surface area contributed by atoms with Crippen molar-refractivity contribution < 1.29 is 33.3 Å². The number of carbonyl (C=O) groups excluding carboxylic acids is 3. The second-order valence-electron chi connectivity index (χ2n) is 16.2. The lowest BCUT2D eigenvalue weighted by molar-refractivity contribution is -0.145. The standard InChI is InChI=1S/C47H92N2O7/c1-4-6-8-10-12-14-16-18-20-22-23-25-27-29-31-33-36-45(50)49-44(43-56-47(52)48-38-35-39-54-41-40-53-3)42-55-46(51)37-34-32-30-28-26-24-21-19-17-15-13-11-9-7-5-2/h44H,4-43H2,1-3H3,(H,48,52)(H,49,50). The molecule has 0 aliphatic carbocycles. The number of hydrogen-bond acceptors (Lipinski definition) is 7. The van der Waals surface area contributed by atoms with Crippen molar-refractivity contribution in [3.63, 3.8) is 0 Å². The zero-order valence-corrected chi connectivity index (χ0v) is 37.2. The van der Waals surface area contributed by atoms with Crippen LogP contribution in [-0.4, -0.2) is 70.7 Å². The molecular weight excluding hydrogens is 705 g/mol. The van der Waals surface area contributed by atoms with Gasteiger partial charge in [-0.2, -0.15) is 0 Å². The van der Waals surface area contributed by atoms with Gasteiger partial charge < -0.3 is 29.6 Å². The molecule has 0 aliphatic heterocycles. The lowest BCUT2D eigenvalue weighted by Crippen LogP contribution is -2.43. The Bertz CT molecular complexity index is 843. The van der Waals surface area contributed by atoms with Crippen LogP contribution in [0.3, 0.4) is 0 Å². The number of unbranched alkanes of at least 4 members (excludes halogenated alkanes) is 29. The molecule has 0 aliphatic rings. The van der Waals surface area contributed by atoms with Crippen LogP contribution in [0.15, 0.2) is 0 Å². The Kier molecular flexibility index (Phi) is 44.3. The first-order valence-corrected chi connectivity index (χ1v) is 24.0. The minimum Gasteiger partial charge on any atom is -0.463 e. The Morgan fingerprint density at radius 2 is 0.839 bits per heavy atom. The normalized spacial score (nSPS) is 11.8. The molecule has 0 spiro atoms. The van der Waals surface area contributed by atoms with E-state index in [-0.39, 0.29) is 25.1 Å². The first kappa shape index (κ1) is 54.1. The van der Waals surface area contributed by atoms with Crippen LogP contribution in [0.1, 0.15) is 232 Å². The molecule has 1 atom stereocenters. The topological polar surface area (TPSA) is 112 Å². The van der Waals surface area contributed by atoms with Crippen LogP contribution >= 0.6 is 0 Å². The summed E-state index contributed by atoms with van der Waals surface area (Å²) < 4.78 is 21.3. The van der Waals surface area contributed by atoms with E-state index in [1.165, 1.54) is 161 Å². The van der Waals surface area contributed by atoms with Crippen LogP contribution in [0.4, 0.5) is 4.79 Å². The maximum Gasteiger partial charge on any atom is 0.407 e. The van der Waals surface area contributed by atoms with Crippen LogP contribution in [0.5, 0.6) is 0 Å². The fourth-order valence-electron chi connectivity index (χ4n) is 7.01. The minimum atomic E-state index is -0.586. The summed E-state index contributed by atoms with van der Waals surface area (Å²) in [7, 11) is 1.63. The molecule has 0 saturated carbocycles. The quantitative estimate of drug-likeness (QED) is 0.0466. The SMILES string of the molecule is CCCCCCCCCCCCCCCCCCC(=O)NC(COC(=O)CCCCCCCCCCCCCCCCC)COC(=O)NCCCOCCOC. The fourth-order valence-corrected chi connectivity index (χ4v) is 7.01. The first-order valence-electron chi connectivity index (χ1n) is 24.0. The molecule has 2 amide bonds. The molecule has 0 aromatic carbocycles. The van der Waals surface area contributed by atoms with E-state index in [2.05, 4.69) is 24.5 Å². The monoisotopic (exact) mass is 797 g/mol. The minimum absolute atomic E-state index is 0.0110. The third kappa shape index (κ3) is 43.3. The summed E-state index contributed by atoms with van der Waals surface area (Å²) in [6.45, 7) is 6.44. The highest BCUT2D eigenvalue weighted by Crippen LogP contribution is 2.16. The summed E-state index contributed by atoms with van der Waals surface area (Å²) in [6.07, 6.45) is 40.6. The number of rotatable bonds is 45. The lowest BCUT2D eigenvalue weighted by Gasteiger charge is -2.19. The van der Waals surface area contributed by atoms with Crippen LogP contribution in [0.25, 0.3) is 0 Å². The van der Waals surface area contributed by atoms with Gasteiger partial charge in [0.25, 0.3) is 0 Å². The average Bonchev–Trinajstić information content (AvgIpc) is 3.19. The van der Waals surface area contributed by atoms with Crippen molar-refractivity contribution in [1.29, 1.82) is 0 Å². The van der Waals surface area contributed by atoms with E-state index in [1.807, 2.05) is 0 Å². The molecule has 0 aromatic rings. The van der Waals surface area contributed by atoms with Gasteiger partial charge in [0.2, 0.25) is 5.91 Å². The van der Waals surface area contributed by atoms with Crippen LogP contribution in [-0.2, 0) is 28.5 Å². The van der Waals surface area contributed by atoms with E-state index in [0.717, 1.165) is 38.5 Å². The Hall–Kier alpha value is -1.87. The maximum absolute atomic E-state index is 12.8. The van der Waals surface area contributed by atoms with Gasteiger partial charge in [0.05, 0.1) is 19.3 Å². The molecule has 0 aromatic heterocycles. The zero-order chi connectivity index (χ0) is 40.8. The van der Waals surface area contributed by atoms with Crippen molar-refractivity contribution in [1.82, 2.24) is 10.6 Å². The van der Waals surface area contributed by atoms with E-state index in [1.54, 1.807) is 7.11 Å². The molecule has 9 nitrogen and oxygen atoms in total. The number of alkyl carbamates (subject to hydrolysis) is 1. The van der Waals surface area contributed by atoms with E-state index in [4.69, 9.17) is 18.9 Å². The number of amides is 2. The predicted octanol–water partition coefficient (Wildman–Crippen LogP) is 12.7. The molecule has 1 unspecified atom stereocenters. The number of hydrogen-bond donors (Lipinski definition) is 2. The van der Waals surface area contributed by atoms with Gasteiger partial charge in [-0.3, -0.25) is 9.59 Å². The Labute approximate surface area is 346 Å². The third-order valence-corrected chi connectivity index (χ3v) is 10.6. The van der Waals surface area contributed by atoms with Gasteiger partial charge in [-0.15, -0.1) is 0 Å². The summed E-state index contributed by atoms with van der Waals surface area (Å²) in [5, 5.41) is 5.66. The second kappa shape index (κ2) is 45.8. The number of methoxy groups -OCH3 is 1. The number of carbonyl (C=O) groups is 3. The summed E-state index contributed by atoms with van der Waals surface area (Å²) >= 11 is 0. The predicted molar refractivity (Wildman–Crippen MR) is 233 cm³/mol. The molecule has 332 valence electrons. The van der Waals surface area contributed by atoms with Crippen molar-refractivity contribution in [2.24, 2.45) is 0 Å². The Morgan fingerprint density at radius 1 is 0.446 bits per heavy atom. The molecule has 9 heteroatoms. The molecule has 0 fully saturated rings. The highest BCUT2D eigenvalue weighted by Gasteiger charge is 2.17. The van der Waals surface area contributed by atoms with Gasteiger partial charge in [-0.1, -0.05) is 200 Å². The summed E-state index contributed by atoms with van der Waals surface area (Å²) in [6, 6.07) is -0.586. The van der Waals surface area contributed by atoms with Crippen molar-refractivity contribution in [2.75, 3.05) is 46.7 Å². The first-order chi connectivity index (χ1) is 27.5. The molecular formula is C47H92N2O7. The van der Waals surface area contributed by atoms with Gasteiger partial charge in [0.15, 0.2) is 0 Å². The van der Waals surface area contributed by atoms with Gasteiger partial charge in [0.1, 0.15) is 13.2 Å². The Balaban J connectivity index is 4.21. The number of ether oxygens (including phenoxy) is 4. The lowest BCUT2D eigenvalue weighted by atomic mass is 10.0. The van der Waals surface area contributed by atoms with Crippen LogP contribution < -0.4 is 10.6 Å². The molecule has 0 rings (SSSR count). The van der Waals surface area contributed by atoms with Gasteiger partial charge in [0, 0.05) is 33.1 Å². The molecule has 2 N–H and O–H groups in total. The summed E-state index contributed by atoms with van der Waals surface area (Å²) in [5.41, 5.74) is 0. The van der Waals surface area contributed by atoms with Crippen LogP contribution in [0, 0.1) is 0 Å². The third-order valence-electron chi connectivity index (χ3n) is 10.6. The van der Waals surface area contributed by atoms with E-state index < -0.39 is 12.1 Å². The molecule has 0 bridgehead atoms. The van der Waals surface area contributed by atoms with Gasteiger partial charge in [-0.25, -0.2) is 4.79 Å². The molecule has 0 radical (unpaired) electrons. The number of nitrogens with one attached hydrogen (secondary N) is 2. The van der Waals surface area contributed by atoms with E-state index in [0.29, 0.717) is 45.6 Å². The molecule has 0 saturated heterocycles. The highest BCUT2D eigenvalue weighted by molar-refractivity contribution is 5.76. The van der Waals surface area contributed by atoms with Crippen molar-refractivity contribution in [2.45, 2.75) is 238 Å². The average molecular weight is 797 g/mol. The van der Waals surface area contributed by atoms with E-state index in [9.17, 15) is 14.4 Å². The summed E-state index contributed by atoms with van der Waals surface area (Å²) in [4.78, 5) is 37.6. The largest absolute Gasteiger partial charge is 0.463 e. The Morgan fingerprint density at radius 3 is 1.27 bits per heavy atom. The van der Waals surface area contributed by atoms with Crippen molar-refractivity contribution >= 4 is 18.0 Å². The van der Waals surface area contributed by atoms with Gasteiger partial charge in [-0.05, 0) is 19.3 Å². The van der Waals surface area contributed by atoms with Crippen molar-refractivity contribution in [3.05, 3.63) is 0 Å². The highest BCUT2D eigenvalue weighted by atomic mass is 16.6. The zero-order valence-electron chi connectivity index (χ0n) is 37.2. The van der Waals surface area contributed by atoms with Gasteiger partial charge >= 0.3 is 12.1 Å². The molecule has 56 heavy (non-hydrogen) atoms. The smallest absolute Gasteiger partial charge is 0.407 e. The van der Waals surface area contributed by atoms with E-state index >= 15 is 0 Å². The summed E-state index contributed by atoms with van der Waals surface area (Å²) in [5.74, 6) is -0.370. The van der Waals surface area contributed by atoms with Crippen molar-refractivity contribution in [3.8, 4) is 0 Å². The second-order valence-corrected chi connectivity index (χ2v) is 16.2. The fraction of sp³-hybridized carbons (Fsp3) is 0.936. The molecule has 0 heterocycles. The van der Waals surface area contributed by atoms with Crippen LogP contribution in [0.2, 0.25) is 0 Å². The number of esters is 1.